The molecule has 2 aromatic carbocycles. The summed E-state index contributed by atoms with van der Waals surface area (Å²) in [7, 11) is 5.74. The molecule has 186 valence electrons. The number of rotatable bonds is 8. The zero-order valence-electron chi connectivity index (χ0n) is 20.1. The largest absolute Gasteiger partial charge is 0.490 e. The number of nitrogens with zero attached hydrogens (tertiary/aromatic N) is 4. The molecule has 0 aliphatic heterocycles. The van der Waals surface area contributed by atoms with Gasteiger partial charge in [0.15, 0.2) is 11.6 Å². The average molecular weight is 493 g/mol. The van der Waals surface area contributed by atoms with Crippen LogP contribution in [0.25, 0.3) is 10.9 Å². The summed E-state index contributed by atoms with van der Waals surface area (Å²) < 4.78 is 39.4. The van der Waals surface area contributed by atoms with Gasteiger partial charge in [-0.25, -0.2) is 13.8 Å². The van der Waals surface area contributed by atoms with Crippen molar-refractivity contribution in [2.45, 2.75) is 24.7 Å². The van der Waals surface area contributed by atoms with Crippen molar-refractivity contribution in [1.82, 2.24) is 19.9 Å². The van der Waals surface area contributed by atoms with Gasteiger partial charge >= 0.3 is 0 Å². The number of fused-ring (bicyclic) bond motifs is 1. The molecule has 0 amide bonds. The lowest BCUT2D eigenvalue weighted by atomic mass is 9.83. The van der Waals surface area contributed by atoms with Crippen LogP contribution in [-0.2, 0) is 4.74 Å². The fraction of sp³-hybridized carbons (Fsp3) is 0.269. The number of aromatic nitrogens is 3. The van der Waals surface area contributed by atoms with Crippen LogP contribution in [-0.4, -0.2) is 52.9 Å². The van der Waals surface area contributed by atoms with E-state index in [0.29, 0.717) is 23.0 Å². The molecule has 0 radical (unpaired) electrons. The Morgan fingerprint density at radius 2 is 1.75 bits per heavy atom. The molecule has 10 heteroatoms. The first-order valence-electron chi connectivity index (χ1n) is 11.5. The Hall–Kier alpha value is -3.89. The van der Waals surface area contributed by atoms with Crippen LogP contribution in [0.4, 0.5) is 31.9 Å². The van der Waals surface area contributed by atoms with Gasteiger partial charge in [-0.15, -0.1) is 0 Å². The topological polar surface area (TPSA) is 84.4 Å². The molecule has 2 aromatic heterocycles. The van der Waals surface area contributed by atoms with Crippen LogP contribution in [0.2, 0.25) is 0 Å². The molecule has 1 aliphatic rings. The summed E-state index contributed by atoms with van der Waals surface area (Å²) in [5.74, 6) is -0.241. The number of nitrogens with one attached hydrogen (secondary N) is 2. The van der Waals surface area contributed by atoms with Crippen LogP contribution >= 0.6 is 0 Å². The second-order valence-electron chi connectivity index (χ2n) is 8.88. The van der Waals surface area contributed by atoms with Gasteiger partial charge in [0.05, 0.1) is 17.4 Å². The Morgan fingerprint density at radius 1 is 0.972 bits per heavy atom. The van der Waals surface area contributed by atoms with Crippen LogP contribution in [0.3, 0.4) is 0 Å². The number of hydrogen-bond donors (Lipinski definition) is 2. The number of pyridine rings is 1. The summed E-state index contributed by atoms with van der Waals surface area (Å²) >= 11 is 0. The van der Waals surface area contributed by atoms with Crippen LogP contribution < -0.4 is 15.4 Å². The number of anilines is 4. The molecule has 1 fully saturated rings. The molecule has 36 heavy (non-hydrogen) atoms. The van der Waals surface area contributed by atoms with Crippen LogP contribution in [0.5, 0.6) is 5.75 Å². The highest BCUT2D eigenvalue weighted by Crippen LogP contribution is 2.39. The van der Waals surface area contributed by atoms with Crippen molar-refractivity contribution in [2.24, 2.45) is 0 Å². The predicted octanol–water partition coefficient (Wildman–Crippen LogP) is 5.24. The van der Waals surface area contributed by atoms with Gasteiger partial charge in [0, 0.05) is 37.2 Å². The molecule has 0 atom stereocenters. The molecule has 8 nitrogen and oxygen atoms in total. The lowest BCUT2D eigenvalue weighted by molar-refractivity contribution is -0.204. The van der Waals surface area contributed by atoms with Crippen molar-refractivity contribution in [3.05, 3.63) is 72.6 Å². The molecule has 2 heterocycles. The second kappa shape index (κ2) is 9.63. The van der Waals surface area contributed by atoms with Crippen molar-refractivity contribution >= 4 is 34.0 Å². The number of benzene rings is 2. The highest BCUT2D eigenvalue weighted by molar-refractivity contribution is 5.83. The minimum atomic E-state index is -0.936. The second-order valence-corrected chi connectivity index (χ2v) is 8.88. The van der Waals surface area contributed by atoms with E-state index in [-0.39, 0.29) is 17.2 Å². The maximum absolute atomic E-state index is 14.1. The average Bonchev–Trinajstić information content (AvgIpc) is 2.85. The predicted molar refractivity (Wildman–Crippen MR) is 134 cm³/mol. The number of ether oxygens (including phenoxy) is 2. The van der Waals surface area contributed by atoms with Crippen molar-refractivity contribution in [3.63, 3.8) is 0 Å². The van der Waals surface area contributed by atoms with E-state index in [0.717, 1.165) is 30.3 Å². The molecule has 5 rings (SSSR count). The third-order valence-corrected chi connectivity index (χ3v) is 6.38. The molecular formula is C26H26F2N6O2. The maximum atomic E-state index is 14.1. The summed E-state index contributed by atoms with van der Waals surface area (Å²) in [6, 6.07) is 13.2. The molecule has 2 N–H and O–H groups in total. The van der Waals surface area contributed by atoms with Crippen molar-refractivity contribution in [3.8, 4) is 5.75 Å². The van der Waals surface area contributed by atoms with E-state index in [9.17, 15) is 8.78 Å². The Morgan fingerprint density at radius 3 is 2.47 bits per heavy atom. The van der Waals surface area contributed by atoms with Gasteiger partial charge in [-0.3, -0.25) is 9.88 Å². The normalized spacial score (nSPS) is 19.2. The van der Waals surface area contributed by atoms with E-state index in [2.05, 4.69) is 30.5 Å². The third kappa shape index (κ3) is 4.77. The maximum Gasteiger partial charge on any atom is 0.229 e. The first kappa shape index (κ1) is 23.8. The highest BCUT2D eigenvalue weighted by Gasteiger charge is 2.48. The van der Waals surface area contributed by atoms with Gasteiger partial charge in [0.1, 0.15) is 23.4 Å². The van der Waals surface area contributed by atoms with E-state index in [4.69, 9.17) is 9.47 Å². The minimum Gasteiger partial charge on any atom is -0.490 e. The lowest BCUT2D eigenvalue weighted by Gasteiger charge is -2.50. The number of hydrogen-bond acceptors (Lipinski definition) is 8. The van der Waals surface area contributed by atoms with Crippen LogP contribution in [0, 0.1) is 11.6 Å². The monoisotopic (exact) mass is 492 g/mol. The van der Waals surface area contributed by atoms with Crippen LogP contribution in [0.15, 0.2) is 60.9 Å². The summed E-state index contributed by atoms with van der Waals surface area (Å²) in [6.45, 7) is 0. The van der Waals surface area contributed by atoms with E-state index in [1.54, 1.807) is 19.4 Å². The number of methoxy groups -OCH3 is 1. The van der Waals surface area contributed by atoms with Gasteiger partial charge in [-0.05, 0) is 62.6 Å². The molecule has 1 saturated carbocycles. The van der Waals surface area contributed by atoms with Gasteiger partial charge in [-0.1, -0.05) is 0 Å². The van der Waals surface area contributed by atoms with Crippen molar-refractivity contribution < 1.29 is 18.3 Å². The van der Waals surface area contributed by atoms with Gasteiger partial charge < -0.3 is 20.1 Å². The van der Waals surface area contributed by atoms with Gasteiger partial charge in [0.25, 0.3) is 0 Å². The summed E-state index contributed by atoms with van der Waals surface area (Å²) in [6.07, 6.45) is 4.83. The van der Waals surface area contributed by atoms with Crippen molar-refractivity contribution in [2.75, 3.05) is 31.8 Å². The van der Waals surface area contributed by atoms with E-state index >= 15 is 0 Å². The van der Waals surface area contributed by atoms with E-state index in [1.165, 1.54) is 18.3 Å². The SMILES string of the molecule is COC1(N(C)C)CC(Oc2ccc(Nc3nccc(Nc4cnc5ccc(F)c(F)c5c4)n3)cc2)C1. The molecule has 0 unspecified atom stereocenters. The molecule has 0 saturated heterocycles. The summed E-state index contributed by atoms with van der Waals surface area (Å²) in [4.78, 5) is 15.0. The quantitative estimate of drug-likeness (QED) is 0.323. The van der Waals surface area contributed by atoms with E-state index in [1.807, 2.05) is 38.4 Å². The zero-order valence-corrected chi connectivity index (χ0v) is 20.1. The Kier molecular flexibility index (Phi) is 6.38. The number of halogens is 2. The molecule has 4 aromatic rings. The lowest BCUT2D eigenvalue weighted by Crippen LogP contribution is -2.59. The first-order valence-corrected chi connectivity index (χ1v) is 11.5. The fourth-order valence-corrected chi connectivity index (χ4v) is 4.23. The smallest absolute Gasteiger partial charge is 0.229 e. The summed E-state index contributed by atoms with van der Waals surface area (Å²) in [5, 5.41) is 6.30. The fourth-order valence-electron chi connectivity index (χ4n) is 4.23. The molecular weight excluding hydrogens is 466 g/mol. The van der Waals surface area contributed by atoms with E-state index < -0.39 is 11.6 Å². The molecule has 0 bridgehead atoms. The highest BCUT2D eigenvalue weighted by atomic mass is 19.2. The molecule has 1 aliphatic carbocycles. The Balaban J connectivity index is 1.22. The zero-order chi connectivity index (χ0) is 25.3. The first-order chi connectivity index (χ1) is 17.3. The Bertz CT molecular complexity index is 1380. The standard InChI is InChI=1S/C26H26F2N6O2/c1-34(2)26(35-3)13-19(14-26)36-18-6-4-16(5-7-18)32-25-29-11-10-23(33-25)31-17-12-20-22(30-15-17)9-8-21(27)24(20)28/h4-12,15,19H,13-14H2,1-3H3,(H2,29,31,32,33). The minimum absolute atomic E-state index is 0.0891. The third-order valence-electron chi connectivity index (χ3n) is 6.38. The molecule has 0 spiro atoms. The Labute approximate surface area is 207 Å². The van der Waals surface area contributed by atoms with Crippen molar-refractivity contribution in [1.29, 1.82) is 0 Å². The van der Waals surface area contributed by atoms with Crippen LogP contribution in [0.1, 0.15) is 12.8 Å². The summed E-state index contributed by atoms with van der Waals surface area (Å²) in [5.41, 5.74) is 1.37. The van der Waals surface area contributed by atoms with Gasteiger partial charge in [0.2, 0.25) is 5.95 Å². The van der Waals surface area contributed by atoms with Gasteiger partial charge in [-0.2, -0.15) is 4.98 Å².